The maximum Gasteiger partial charge on any atom is 0.241 e. The second kappa shape index (κ2) is 12.0. The summed E-state index contributed by atoms with van der Waals surface area (Å²) in [5, 5.41) is 3.89. The lowest BCUT2D eigenvalue weighted by molar-refractivity contribution is -0.141. The van der Waals surface area contributed by atoms with E-state index >= 15 is 0 Å². The number of rotatable bonds is 8. The van der Waals surface area contributed by atoms with Crippen LogP contribution in [0.1, 0.15) is 24.8 Å². The van der Waals surface area contributed by atoms with Crippen molar-refractivity contribution >= 4 is 29.1 Å². The maximum atomic E-state index is 13.4. The van der Waals surface area contributed by atoms with Gasteiger partial charge in [0.05, 0.1) is 13.2 Å². The molecule has 2 fully saturated rings. The smallest absolute Gasteiger partial charge is 0.241 e. The van der Waals surface area contributed by atoms with Crippen LogP contribution >= 0.6 is 11.6 Å². The van der Waals surface area contributed by atoms with Gasteiger partial charge in [-0.3, -0.25) is 9.59 Å². The fraction of sp³-hybridized carbons (Fsp3) is 0.500. The number of piperidine rings is 1. The Morgan fingerprint density at radius 2 is 1.64 bits per heavy atom. The highest BCUT2D eigenvalue weighted by atomic mass is 35.5. The predicted octanol–water partition coefficient (Wildman–Crippen LogP) is 3.91. The number of hydrogen-bond acceptors (Lipinski definition) is 5. The van der Waals surface area contributed by atoms with Crippen LogP contribution in [0.2, 0.25) is 5.02 Å². The van der Waals surface area contributed by atoms with Gasteiger partial charge in [-0.25, -0.2) is 0 Å². The van der Waals surface area contributed by atoms with Gasteiger partial charge in [0.2, 0.25) is 11.8 Å². The molecule has 2 heterocycles. The number of nitrogens with one attached hydrogen (secondary N) is 1. The number of likely N-dealkylation sites (tertiary alicyclic amines) is 1. The van der Waals surface area contributed by atoms with E-state index in [0.717, 1.165) is 50.5 Å². The molecule has 1 unspecified atom stereocenters. The zero-order valence-corrected chi connectivity index (χ0v) is 22.1. The summed E-state index contributed by atoms with van der Waals surface area (Å²) in [4.78, 5) is 32.6. The average Bonchev–Trinajstić information content (AvgIpc) is 2.88. The van der Waals surface area contributed by atoms with Crippen LogP contribution in [0.5, 0.6) is 5.75 Å². The zero-order valence-electron chi connectivity index (χ0n) is 21.3. The number of aryl methyl sites for hydroxylation is 1. The Hall–Kier alpha value is -2.77. The predicted molar refractivity (Wildman–Crippen MR) is 144 cm³/mol. The Morgan fingerprint density at radius 1 is 0.944 bits per heavy atom. The van der Waals surface area contributed by atoms with Crippen LogP contribution in [0.4, 0.5) is 5.69 Å². The molecule has 2 aromatic rings. The summed E-state index contributed by atoms with van der Waals surface area (Å²) in [5.41, 5.74) is 1.67. The van der Waals surface area contributed by atoms with Gasteiger partial charge in [0.15, 0.2) is 0 Å². The van der Waals surface area contributed by atoms with E-state index in [4.69, 9.17) is 16.3 Å². The van der Waals surface area contributed by atoms with Crippen molar-refractivity contribution in [3.05, 3.63) is 59.1 Å². The minimum absolute atomic E-state index is 0.0400. The van der Waals surface area contributed by atoms with Crippen LogP contribution in [0.25, 0.3) is 0 Å². The van der Waals surface area contributed by atoms with Crippen LogP contribution < -0.4 is 10.1 Å². The molecule has 7 nitrogen and oxygen atoms in total. The molecule has 194 valence electrons. The zero-order chi connectivity index (χ0) is 25.5. The number of piperazine rings is 1. The van der Waals surface area contributed by atoms with E-state index < -0.39 is 5.41 Å². The Balaban J connectivity index is 1.43. The van der Waals surface area contributed by atoms with Gasteiger partial charge in [-0.05, 0) is 63.2 Å². The SMILES string of the molecule is Cc1ccc(NCC(=O)N2CCCC(COc3ccc(Cl)cc3)(CC(=O)N3CCN(C)CC3)C2)cc1. The Bertz CT molecular complexity index is 1020. The average molecular weight is 513 g/mol. The van der Waals surface area contributed by atoms with E-state index in [-0.39, 0.29) is 18.4 Å². The van der Waals surface area contributed by atoms with E-state index in [1.807, 2.05) is 53.1 Å². The second-order valence-corrected chi connectivity index (χ2v) is 10.7. The molecule has 4 rings (SSSR count). The summed E-state index contributed by atoms with van der Waals surface area (Å²) in [6.45, 7) is 7.10. The minimum Gasteiger partial charge on any atom is -0.493 e. The van der Waals surface area contributed by atoms with Crippen molar-refractivity contribution in [1.29, 1.82) is 0 Å². The summed E-state index contributed by atoms with van der Waals surface area (Å²) < 4.78 is 6.19. The molecule has 2 amide bonds. The lowest BCUT2D eigenvalue weighted by Crippen LogP contribution is -2.53. The van der Waals surface area contributed by atoms with Crippen LogP contribution in [0, 0.1) is 12.3 Å². The topological polar surface area (TPSA) is 65.1 Å². The second-order valence-electron chi connectivity index (χ2n) is 10.2. The largest absolute Gasteiger partial charge is 0.493 e. The Kier molecular flexibility index (Phi) is 8.75. The van der Waals surface area contributed by atoms with Gasteiger partial charge in [-0.1, -0.05) is 29.3 Å². The quantitative estimate of drug-likeness (QED) is 0.581. The fourth-order valence-electron chi connectivity index (χ4n) is 4.95. The number of carbonyl (C=O) groups excluding carboxylic acids is 2. The van der Waals surface area contributed by atoms with Crippen molar-refractivity contribution < 1.29 is 14.3 Å². The number of halogens is 1. The van der Waals surface area contributed by atoms with Crippen LogP contribution in [-0.4, -0.2) is 86.0 Å². The highest BCUT2D eigenvalue weighted by molar-refractivity contribution is 6.30. The first-order chi connectivity index (χ1) is 17.3. The third-order valence-electron chi connectivity index (χ3n) is 7.25. The van der Waals surface area contributed by atoms with E-state index in [1.54, 1.807) is 12.1 Å². The molecule has 2 aliphatic rings. The van der Waals surface area contributed by atoms with Gasteiger partial charge >= 0.3 is 0 Å². The molecule has 1 atom stereocenters. The number of benzene rings is 2. The Labute approximate surface area is 219 Å². The first kappa shape index (κ1) is 26.3. The van der Waals surface area contributed by atoms with Crippen molar-refractivity contribution in [3.63, 3.8) is 0 Å². The van der Waals surface area contributed by atoms with E-state index in [0.29, 0.717) is 31.1 Å². The molecule has 2 saturated heterocycles. The third-order valence-corrected chi connectivity index (χ3v) is 7.50. The molecule has 0 bridgehead atoms. The van der Waals surface area contributed by atoms with Gasteiger partial charge in [0.25, 0.3) is 0 Å². The molecule has 1 N–H and O–H groups in total. The molecule has 0 spiro atoms. The molecule has 0 radical (unpaired) electrons. The number of ether oxygens (including phenoxy) is 1. The summed E-state index contributed by atoms with van der Waals surface area (Å²) in [6.07, 6.45) is 2.06. The third kappa shape index (κ3) is 7.14. The molecule has 8 heteroatoms. The standard InChI is InChI=1S/C28H37ClN4O3/c1-22-4-8-24(9-5-22)30-19-27(35)33-13-3-12-28(20-33,21-36-25-10-6-23(29)7-11-25)18-26(34)32-16-14-31(2)15-17-32/h4-11,30H,3,12-21H2,1-2H3. The van der Waals surface area contributed by atoms with Crippen molar-refractivity contribution in [2.75, 3.05) is 64.8 Å². The first-order valence-electron chi connectivity index (χ1n) is 12.7. The van der Waals surface area contributed by atoms with Crippen LogP contribution in [-0.2, 0) is 9.59 Å². The highest BCUT2D eigenvalue weighted by Gasteiger charge is 2.41. The lowest BCUT2D eigenvalue weighted by atomic mass is 9.77. The summed E-state index contributed by atoms with van der Waals surface area (Å²) in [7, 11) is 2.08. The highest BCUT2D eigenvalue weighted by Crippen LogP contribution is 2.35. The number of likely N-dealkylation sites (N-methyl/N-ethyl adjacent to an activating group) is 1. The molecular formula is C28H37ClN4O3. The number of amides is 2. The molecule has 2 aromatic carbocycles. The van der Waals surface area contributed by atoms with E-state index in [9.17, 15) is 9.59 Å². The molecule has 36 heavy (non-hydrogen) atoms. The monoisotopic (exact) mass is 512 g/mol. The molecule has 0 aliphatic carbocycles. The summed E-state index contributed by atoms with van der Waals surface area (Å²) in [5.74, 6) is 0.906. The number of carbonyl (C=O) groups is 2. The van der Waals surface area contributed by atoms with E-state index in [1.165, 1.54) is 5.56 Å². The molecule has 0 saturated carbocycles. The van der Waals surface area contributed by atoms with Crippen molar-refractivity contribution in [1.82, 2.24) is 14.7 Å². The number of anilines is 1. The first-order valence-corrected chi connectivity index (χ1v) is 13.1. The molecule has 0 aromatic heterocycles. The minimum atomic E-state index is -0.433. The molecule has 2 aliphatic heterocycles. The van der Waals surface area contributed by atoms with Gasteiger partial charge in [0.1, 0.15) is 5.75 Å². The Morgan fingerprint density at radius 3 is 2.33 bits per heavy atom. The fourth-order valence-corrected chi connectivity index (χ4v) is 5.08. The normalized spacial score (nSPS) is 20.8. The summed E-state index contributed by atoms with van der Waals surface area (Å²) in [6, 6.07) is 15.3. The maximum absolute atomic E-state index is 13.4. The number of nitrogens with zero attached hydrogens (tertiary/aromatic N) is 3. The van der Waals surface area contributed by atoms with Gasteiger partial charge in [-0.2, -0.15) is 0 Å². The lowest BCUT2D eigenvalue weighted by Gasteiger charge is -2.43. The van der Waals surface area contributed by atoms with Crippen molar-refractivity contribution in [2.45, 2.75) is 26.2 Å². The van der Waals surface area contributed by atoms with Crippen LogP contribution in [0.3, 0.4) is 0 Å². The van der Waals surface area contributed by atoms with Crippen molar-refractivity contribution in [2.24, 2.45) is 5.41 Å². The van der Waals surface area contributed by atoms with Crippen molar-refractivity contribution in [3.8, 4) is 5.75 Å². The number of hydrogen-bond donors (Lipinski definition) is 1. The van der Waals surface area contributed by atoms with Crippen LogP contribution in [0.15, 0.2) is 48.5 Å². The summed E-state index contributed by atoms with van der Waals surface area (Å²) >= 11 is 6.03. The van der Waals surface area contributed by atoms with E-state index in [2.05, 4.69) is 17.3 Å². The molecular weight excluding hydrogens is 476 g/mol. The van der Waals surface area contributed by atoms with Gasteiger partial charge in [0, 0.05) is 61.8 Å². The van der Waals surface area contributed by atoms with Gasteiger partial charge < -0.3 is 24.8 Å². The van der Waals surface area contributed by atoms with Gasteiger partial charge in [-0.15, -0.1) is 0 Å².